The summed E-state index contributed by atoms with van der Waals surface area (Å²) in [6.45, 7) is 2.44. The molecule has 2 aliphatic heterocycles. The molecule has 0 spiro atoms. The molecule has 2 unspecified atom stereocenters. The summed E-state index contributed by atoms with van der Waals surface area (Å²) in [6, 6.07) is 16.1. The highest BCUT2D eigenvalue weighted by Gasteiger charge is 2.54. The lowest BCUT2D eigenvalue weighted by Gasteiger charge is -2.42. The van der Waals surface area contributed by atoms with Crippen molar-refractivity contribution < 1.29 is 48.0 Å². The number of aliphatic hydroxyl groups is 1. The number of amides is 1. The van der Waals surface area contributed by atoms with Crippen LogP contribution in [0.25, 0.3) is 21.7 Å². The number of H-pyrrole nitrogens is 1. The van der Waals surface area contributed by atoms with Crippen molar-refractivity contribution >= 4 is 68.5 Å². The van der Waals surface area contributed by atoms with Crippen molar-refractivity contribution in [3.63, 3.8) is 0 Å². The topological polar surface area (TPSA) is 180 Å². The molecule has 4 N–H and O–H groups in total. The number of aliphatic hydroxyl groups excluding tert-OH is 1. The average molecular weight is 716 g/mol. The van der Waals surface area contributed by atoms with Gasteiger partial charge in [0.1, 0.15) is 11.4 Å². The number of fused-ring (bicyclic) bond motifs is 4. The average Bonchev–Trinajstić information content (AvgIpc) is 3.67. The number of nitrogen functional groups attached to an aromatic ring is 1. The van der Waals surface area contributed by atoms with Gasteiger partial charge in [-0.05, 0) is 40.8 Å². The number of halogens is 1. The highest BCUT2D eigenvalue weighted by molar-refractivity contribution is 6.24. The van der Waals surface area contributed by atoms with Gasteiger partial charge in [0.2, 0.25) is 6.29 Å². The second-order valence-electron chi connectivity index (χ2n) is 12.5. The van der Waals surface area contributed by atoms with E-state index in [1.807, 2.05) is 30.4 Å². The highest BCUT2D eigenvalue weighted by atomic mass is 35.5. The number of carbonyl (C=O) groups excluding carboxylic acids is 4. The van der Waals surface area contributed by atoms with E-state index in [-0.39, 0.29) is 24.1 Å². The van der Waals surface area contributed by atoms with Crippen LogP contribution in [0, 0.1) is 0 Å². The third-order valence-electron chi connectivity index (χ3n) is 9.24. The van der Waals surface area contributed by atoms with Gasteiger partial charge in [-0.15, -0.1) is 11.6 Å². The van der Waals surface area contributed by atoms with Gasteiger partial charge < -0.3 is 44.4 Å². The maximum absolute atomic E-state index is 14.3. The van der Waals surface area contributed by atoms with Crippen LogP contribution in [0.1, 0.15) is 35.8 Å². The molecule has 3 aliphatic rings. The summed E-state index contributed by atoms with van der Waals surface area (Å²) >= 11 is 7.11. The Kier molecular flexibility index (Phi) is 8.96. The maximum Gasteiger partial charge on any atom is 0.339 e. The second-order valence-corrected chi connectivity index (χ2v) is 13.0. The Balaban J connectivity index is 1.33. The van der Waals surface area contributed by atoms with Crippen molar-refractivity contribution in [3.05, 3.63) is 89.7 Å². The molecule has 1 saturated heterocycles. The van der Waals surface area contributed by atoms with Crippen molar-refractivity contribution in [1.29, 1.82) is 0 Å². The van der Waals surface area contributed by atoms with Crippen LogP contribution >= 0.6 is 11.6 Å². The first-order valence-corrected chi connectivity index (χ1v) is 16.6. The van der Waals surface area contributed by atoms with E-state index in [1.165, 1.54) is 0 Å². The third kappa shape index (κ3) is 6.17. The lowest BCUT2D eigenvalue weighted by atomic mass is 9.87. The molecule has 14 heteroatoms. The van der Waals surface area contributed by atoms with Crippen LogP contribution in [0.4, 0.5) is 11.4 Å². The monoisotopic (exact) mass is 715 g/mol. The Hall–Kier alpha value is -5.37. The fourth-order valence-electron chi connectivity index (χ4n) is 6.92. The van der Waals surface area contributed by atoms with Gasteiger partial charge in [0.05, 0.1) is 18.2 Å². The second kappa shape index (κ2) is 13.4. The molecular weight excluding hydrogens is 682 g/mol. The molecule has 4 aromatic rings. The van der Waals surface area contributed by atoms with Crippen molar-refractivity contribution in [2.75, 3.05) is 24.3 Å². The number of nitrogens with one attached hydrogen (secondary N) is 1. The number of alkyl halides is 1. The third-order valence-corrected chi connectivity index (χ3v) is 9.79. The minimum atomic E-state index is -1.74. The molecule has 3 aromatic carbocycles. The molecule has 3 heterocycles. The molecule has 0 radical (unpaired) electrons. The molecule has 1 aliphatic carbocycles. The summed E-state index contributed by atoms with van der Waals surface area (Å²) in [5, 5.41) is 13.1. The van der Waals surface area contributed by atoms with Crippen LogP contribution < -0.4 is 15.4 Å². The Bertz CT molecular complexity index is 2140. The minimum Gasteiger partial charge on any atom is -0.467 e. The van der Waals surface area contributed by atoms with Crippen molar-refractivity contribution in [2.45, 2.75) is 55.8 Å². The molecule has 51 heavy (non-hydrogen) atoms. The summed E-state index contributed by atoms with van der Waals surface area (Å²) in [7, 11) is 1.11. The molecule has 7 rings (SSSR count). The number of hydrogen-bond acceptors (Lipinski definition) is 11. The number of aromatic amines is 1. The molecule has 264 valence electrons. The Morgan fingerprint density at radius 3 is 2.39 bits per heavy atom. The minimum absolute atomic E-state index is 0.182. The van der Waals surface area contributed by atoms with E-state index in [0.717, 1.165) is 48.4 Å². The van der Waals surface area contributed by atoms with Gasteiger partial charge in [0, 0.05) is 54.4 Å². The summed E-state index contributed by atoms with van der Waals surface area (Å²) in [6.07, 6.45) is -2.32. The first kappa shape index (κ1) is 34.1. The first-order chi connectivity index (χ1) is 24.4. The Labute approximate surface area is 296 Å². The largest absolute Gasteiger partial charge is 0.467 e. The van der Waals surface area contributed by atoms with Gasteiger partial charge in [-0.2, -0.15) is 0 Å². The lowest BCUT2D eigenvalue weighted by Crippen LogP contribution is -2.63. The molecule has 13 nitrogen and oxygen atoms in total. The van der Waals surface area contributed by atoms with E-state index in [1.54, 1.807) is 47.4 Å². The van der Waals surface area contributed by atoms with Gasteiger partial charge >= 0.3 is 17.9 Å². The molecular formula is C37H34ClN3O10. The number of carbonyl (C=O) groups is 4. The number of methoxy groups -OCH3 is 1. The summed E-state index contributed by atoms with van der Waals surface area (Å²) in [4.78, 5) is 56.2. The van der Waals surface area contributed by atoms with E-state index in [2.05, 4.69) is 4.98 Å². The van der Waals surface area contributed by atoms with E-state index < -0.39 is 54.0 Å². The normalized spacial score (nSPS) is 24.3. The van der Waals surface area contributed by atoms with E-state index in [9.17, 15) is 24.3 Å². The van der Waals surface area contributed by atoms with Crippen LogP contribution in [0.5, 0.6) is 5.75 Å². The molecule has 1 fully saturated rings. The Morgan fingerprint density at radius 2 is 1.73 bits per heavy atom. The van der Waals surface area contributed by atoms with Crippen LogP contribution in [-0.4, -0.2) is 83.6 Å². The summed E-state index contributed by atoms with van der Waals surface area (Å²) < 4.78 is 27.8. The Morgan fingerprint density at radius 1 is 1.02 bits per heavy atom. The van der Waals surface area contributed by atoms with Crippen LogP contribution in [0.15, 0.2) is 78.4 Å². The lowest BCUT2D eigenvalue weighted by molar-refractivity contribution is -0.278. The predicted molar refractivity (Wildman–Crippen MR) is 186 cm³/mol. The standard InChI is InChI=1S/C37H34ClN3O10/c1-17(42)48-32-31(44)37(51-34(36(46)47-3)33(32)49-18(2)43)50-28-15-27-29(23-10-5-4-9-22(23)28)24(30(38)19-7-6-8-19)16-41(27)35(45)26-14-20-13-21(39)11-12-25(20)40-26/h4-15,24,30-34,37,40,44H,16,39H2,1-3H3/t24-,30?,31-,32-,33+,34?,37+/m1/s1. The molecule has 1 amide bonds. The van der Waals surface area contributed by atoms with E-state index >= 15 is 0 Å². The van der Waals surface area contributed by atoms with Crippen LogP contribution in [-0.2, 0) is 33.3 Å². The smallest absolute Gasteiger partial charge is 0.339 e. The molecule has 0 saturated carbocycles. The van der Waals surface area contributed by atoms with Gasteiger partial charge in [-0.3, -0.25) is 14.4 Å². The highest BCUT2D eigenvalue weighted by Crippen LogP contribution is 2.50. The quantitative estimate of drug-likeness (QED) is 0.103. The first-order valence-electron chi connectivity index (χ1n) is 16.2. The number of rotatable bonds is 8. The van der Waals surface area contributed by atoms with Crippen LogP contribution in [0.3, 0.4) is 0 Å². The van der Waals surface area contributed by atoms with E-state index in [0.29, 0.717) is 22.5 Å². The SMILES string of the molecule is COC(=O)C1O[C@H](Oc2cc3c(c4ccccc24)[C@H](C(Cl)C2=CC=C2)CN3C(=O)c2cc3cc(N)ccc3[nH]2)[C@H](O)[C@@H](OC(C)=O)[C@@H]1OC(C)=O. The van der Waals surface area contributed by atoms with Crippen molar-refractivity contribution in [1.82, 2.24) is 4.98 Å². The number of anilines is 2. The number of nitrogens with zero attached hydrogens (tertiary/aromatic N) is 1. The van der Waals surface area contributed by atoms with Crippen LogP contribution in [0.2, 0.25) is 0 Å². The van der Waals surface area contributed by atoms with Crippen molar-refractivity contribution in [2.24, 2.45) is 0 Å². The number of nitrogens with two attached hydrogens (primary N) is 1. The number of benzene rings is 3. The van der Waals surface area contributed by atoms with Crippen molar-refractivity contribution in [3.8, 4) is 5.75 Å². The zero-order chi connectivity index (χ0) is 36.1. The summed E-state index contributed by atoms with van der Waals surface area (Å²) in [5.41, 5.74) is 9.88. The predicted octanol–water partition coefficient (Wildman–Crippen LogP) is 4.25. The van der Waals surface area contributed by atoms with Gasteiger partial charge in [-0.1, -0.05) is 42.5 Å². The zero-order valence-corrected chi connectivity index (χ0v) is 28.5. The van der Waals surface area contributed by atoms with Gasteiger partial charge in [0.25, 0.3) is 5.91 Å². The number of hydrogen-bond donors (Lipinski definition) is 3. The fraction of sp³-hybridized carbons (Fsp3) is 0.297. The molecule has 0 bridgehead atoms. The van der Waals surface area contributed by atoms with Gasteiger partial charge in [0.15, 0.2) is 24.4 Å². The van der Waals surface area contributed by atoms with E-state index in [4.69, 9.17) is 41.0 Å². The maximum atomic E-state index is 14.3. The number of aromatic nitrogens is 1. The molecule has 1 aromatic heterocycles. The molecule has 7 atom stereocenters. The number of allylic oxidation sites excluding steroid dienone is 4. The zero-order valence-electron chi connectivity index (χ0n) is 27.7. The fourth-order valence-corrected chi connectivity index (χ4v) is 7.27. The summed E-state index contributed by atoms with van der Waals surface area (Å²) in [5.74, 6) is -3.04. The van der Waals surface area contributed by atoms with Gasteiger partial charge in [-0.25, -0.2) is 4.79 Å². The number of esters is 3. The number of ether oxygens (including phenoxy) is 5.